The Bertz CT molecular complexity index is 294. The van der Waals surface area contributed by atoms with Crippen molar-refractivity contribution in [2.75, 3.05) is 0 Å². The van der Waals surface area contributed by atoms with E-state index in [0.29, 0.717) is 5.92 Å². The van der Waals surface area contributed by atoms with E-state index < -0.39 is 5.60 Å². The molecule has 1 heterocycles. The Hall–Kier alpha value is -0.830. The highest BCUT2D eigenvalue weighted by molar-refractivity contribution is 5.24. The quantitative estimate of drug-likeness (QED) is 0.712. The van der Waals surface area contributed by atoms with Crippen LogP contribution in [0.15, 0.2) is 12.4 Å². The predicted molar refractivity (Wildman–Crippen MR) is 45.5 cm³/mol. The van der Waals surface area contributed by atoms with Crippen LogP contribution in [-0.2, 0) is 12.6 Å². The lowest BCUT2D eigenvalue weighted by atomic mass is 10.1. The SMILES string of the molecule is CCC1CC1(O)c1cnn(C)c1. The number of hydrogen-bond donors (Lipinski definition) is 1. The van der Waals surface area contributed by atoms with Crippen LogP contribution in [0.4, 0.5) is 0 Å². The van der Waals surface area contributed by atoms with Gasteiger partial charge in [0.1, 0.15) is 0 Å². The van der Waals surface area contributed by atoms with Crippen LogP contribution in [0.3, 0.4) is 0 Å². The molecule has 1 aliphatic rings. The van der Waals surface area contributed by atoms with Gasteiger partial charge in [0.15, 0.2) is 0 Å². The third-order valence-electron chi connectivity index (χ3n) is 2.77. The van der Waals surface area contributed by atoms with Crippen LogP contribution in [0.5, 0.6) is 0 Å². The fourth-order valence-corrected chi connectivity index (χ4v) is 1.80. The third kappa shape index (κ3) is 0.966. The molecule has 0 spiro atoms. The summed E-state index contributed by atoms with van der Waals surface area (Å²) in [6, 6.07) is 0. The summed E-state index contributed by atoms with van der Waals surface area (Å²) in [5.41, 5.74) is 0.417. The highest BCUT2D eigenvalue weighted by Crippen LogP contribution is 2.53. The molecule has 0 bridgehead atoms. The van der Waals surface area contributed by atoms with E-state index in [0.717, 1.165) is 18.4 Å². The second-order valence-corrected chi connectivity index (χ2v) is 3.64. The van der Waals surface area contributed by atoms with Crippen molar-refractivity contribution in [1.82, 2.24) is 9.78 Å². The largest absolute Gasteiger partial charge is 0.385 e. The molecule has 3 heteroatoms. The first-order valence-electron chi connectivity index (χ1n) is 4.38. The zero-order valence-electron chi connectivity index (χ0n) is 7.49. The summed E-state index contributed by atoms with van der Waals surface area (Å²) in [4.78, 5) is 0. The smallest absolute Gasteiger partial charge is 0.0959 e. The molecule has 1 aromatic rings. The molecule has 1 aliphatic carbocycles. The van der Waals surface area contributed by atoms with Crippen molar-refractivity contribution >= 4 is 0 Å². The monoisotopic (exact) mass is 166 g/mol. The molecule has 3 nitrogen and oxygen atoms in total. The van der Waals surface area contributed by atoms with E-state index in [2.05, 4.69) is 12.0 Å². The van der Waals surface area contributed by atoms with Crippen molar-refractivity contribution in [3.63, 3.8) is 0 Å². The standard InChI is InChI=1S/C9H14N2O/c1-3-7-4-9(7,12)8-5-10-11(2)6-8/h5-7,12H,3-4H2,1-2H3. The van der Waals surface area contributed by atoms with E-state index in [9.17, 15) is 5.11 Å². The van der Waals surface area contributed by atoms with Crippen molar-refractivity contribution in [2.24, 2.45) is 13.0 Å². The summed E-state index contributed by atoms with van der Waals surface area (Å²) in [5.74, 6) is 0.446. The van der Waals surface area contributed by atoms with Gasteiger partial charge >= 0.3 is 0 Å². The Kier molecular flexibility index (Phi) is 1.51. The lowest BCUT2D eigenvalue weighted by Crippen LogP contribution is -2.06. The maximum atomic E-state index is 10.0. The van der Waals surface area contributed by atoms with Crippen molar-refractivity contribution in [3.8, 4) is 0 Å². The van der Waals surface area contributed by atoms with Gasteiger partial charge in [0, 0.05) is 18.8 Å². The molecule has 66 valence electrons. The van der Waals surface area contributed by atoms with Crippen molar-refractivity contribution < 1.29 is 5.11 Å². The van der Waals surface area contributed by atoms with Crippen molar-refractivity contribution in [2.45, 2.75) is 25.4 Å². The molecule has 0 amide bonds. The Morgan fingerprint density at radius 2 is 2.58 bits per heavy atom. The predicted octanol–water partition coefficient (Wildman–Crippen LogP) is 1.04. The first-order chi connectivity index (χ1) is 5.66. The van der Waals surface area contributed by atoms with Gasteiger partial charge in [-0.2, -0.15) is 5.10 Å². The Morgan fingerprint density at radius 3 is 3.00 bits per heavy atom. The minimum absolute atomic E-state index is 0.446. The molecule has 1 saturated carbocycles. The molecule has 2 unspecified atom stereocenters. The summed E-state index contributed by atoms with van der Waals surface area (Å²) in [6.07, 6.45) is 5.60. The third-order valence-corrected chi connectivity index (χ3v) is 2.77. The Labute approximate surface area is 72.0 Å². The molecule has 1 aromatic heterocycles. The minimum atomic E-state index is -0.553. The number of nitrogens with zero attached hydrogens (tertiary/aromatic N) is 2. The van der Waals surface area contributed by atoms with Crippen LogP contribution in [0.25, 0.3) is 0 Å². The van der Waals surface area contributed by atoms with Gasteiger partial charge < -0.3 is 5.11 Å². The summed E-state index contributed by atoms with van der Waals surface area (Å²) in [7, 11) is 1.87. The Morgan fingerprint density at radius 1 is 1.83 bits per heavy atom. The van der Waals surface area contributed by atoms with Gasteiger partial charge in [0.2, 0.25) is 0 Å². The summed E-state index contributed by atoms with van der Waals surface area (Å²) >= 11 is 0. The molecule has 12 heavy (non-hydrogen) atoms. The van der Waals surface area contributed by atoms with Gasteiger partial charge in [-0.15, -0.1) is 0 Å². The van der Waals surface area contributed by atoms with E-state index in [4.69, 9.17) is 0 Å². The number of hydrogen-bond acceptors (Lipinski definition) is 2. The van der Waals surface area contributed by atoms with Gasteiger partial charge in [-0.1, -0.05) is 13.3 Å². The van der Waals surface area contributed by atoms with Crippen molar-refractivity contribution in [1.29, 1.82) is 0 Å². The first-order valence-corrected chi connectivity index (χ1v) is 4.38. The van der Waals surface area contributed by atoms with E-state index >= 15 is 0 Å². The van der Waals surface area contributed by atoms with Crippen LogP contribution >= 0.6 is 0 Å². The molecular formula is C9H14N2O. The number of aromatic nitrogens is 2. The van der Waals surface area contributed by atoms with Crippen LogP contribution < -0.4 is 0 Å². The topological polar surface area (TPSA) is 38.1 Å². The van der Waals surface area contributed by atoms with Gasteiger partial charge in [-0.05, 0) is 12.3 Å². The van der Waals surface area contributed by atoms with Crippen LogP contribution in [0, 0.1) is 5.92 Å². The average molecular weight is 166 g/mol. The summed E-state index contributed by atoms with van der Waals surface area (Å²) in [5, 5.41) is 14.1. The minimum Gasteiger partial charge on any atom is -0.385 e. The zero-order valence-corrected chi connectivity index (χ0v) is 7.49. The second-order valence-electron chi connectivity index (χ2n) is 3.64. The number of aryl methyl sites for hydroxylation is 1. The highest BCUT2D eigenvalue weighted by Gasteiger charge is 2.53. The normalized spacial score (nSPS) is 33.8. The Balaban J connectivity index is 2.22. The van der Waals surface area contributed by atoms with E-state index in [-0.39, 0.29) is 0 Å². The maximum absolute atomic E-state index is 10.0. The van der Waals surface area contributed by atoms with Crippen LogP contribution in [-0.4, -0.2) is 14.9 Å². The molecule has 0 radical (unpaired) electrons. The fraction of sp³-hybridized carbons (Fsp3) is 0.667. The summed E-state index contributed by atoms with van der Waals surface area (Å²) in [6.45, 7) is 2.11. The first kappa shape index (κ1) is 7.80. The van der Waals surface area contributed by atoms with Gasteiger partial charge in [0.05, 0.1) is 11.8 Å². The molecule has 0 saturated heterocycles. The molecule has 2 atom stereocenters. The number of rotatable bonds is 2. The van der Waals surface area contributed by atoms with Crippen LogP contribution in [0.2, 0.25) is 0 Å². The maximum Gasteiger partial charge on any atom is 0.0959 e. The number of aliphatic hydroxyl groups is 1. The highest BCUT2D eigenvalue weighted by atomic mass is 16.3. The molecule has 2 rings (SSSR count). The molecular weight excluding hydrogens is 152 g/mol. The lowest BCUT2D eigenvalue weighted by molar-refractivity contribution is 0.130. The molecule has 0 aliphatic heterocycles. The molecule has 0 aromatic carbocycles. The van der Waals surface area contributed by atoms with Crippen LogP contribution in [0.1, 0.15) is 25.3 Å². The lowest BCUT2D eigenvalue weighted by Gasteiger charge is -2.05. The summed E-state index contributed by atoms with van der Waals surface area (Å²) < 4.78 is 1.73. The average Bonchev–Trinajstić information content (AvgIpc) is 2.50. The van der Waals surface area contributed by atoms with Crippen molar-refractivity contribution in [3.05, 3.63) is 18.0 Å². The van der Waals surface area contributed by atoms with E-state index in [1.54, 1.807) is 10.9 Å². The zero-order chi connectivity index (χ0) is 8.77. The van der Waals surface area contributed by atoms with Gasteiger partial charge in [-0.25, -0.2) is 0 Å². The molecule has 1 fully saturated rings. The van der Waals surface area contributed by atoms with E-state index in [1.165, 1.54) is 0 Å². The molecule has 1 N–H and O–H groups in total. The van der Waals surface area contributed by atoms with Gasteiger partial charge in [0.25, 0.3) is 0 Å². The fourth-order valence-electron chi connectivity index (χ4n) is 1.80. The van der Waals surface area contributed by atoms with E-state index in [1.807, 2.05) is 13.2 Å². The second kappa shape index (κ2) is 2.33. The van der Waals surface area contributed by atoms with Gasteiger partial charge in [-0.3, -0.25) is 4.68 Å².